The van der Waals surface area contributed by atoms with Crippen molar-refractivity contribution in [1.82, 2.24) is 0 Å². The molecule has 0 aliphatic heterocycles. The summed E-state index contributed by atoms with van der Waals surface area (Å²) in [5, 5.41) is 0. The second-order valence-corrected chi connectivity index (χ2v) is 7.78. The van der Waals surface area contributed by atoms with Gasteiger partial charge in [0.25, 0.3) is 0 Å². The van der Waals surface area contributed by atoms with E-state index in [4.69, 9.17) is 4.74 Å². The molecule has 0 N–H and O–H groups in total. The van der Waals surface area contributed by atoms with E-state index in [-0.39, 0.29) is 6.10 Å². The SMILES string of the molecule is CC1CCC(OC(c2ccccc2)(c2ccccc2)c2ccccc2)CC1. The van der Waals surface area contributed by atoms with Gasteiger partial charge >= 0.3 is 0 Å². The van der Waals surface area contributed by atoms with Crippen LogP contribution >= 0.6 is 0 Å². The molecule has 4 rings (SSSR count). The normalized spacial score (nSPS) is 20.3. The molecular weight excluding hydrogens is 328 g/mol. The van der Waals surface area contributed by atoms with Crippen LogP contribution in [0.5, 0.6) is 0 Å². The van der Waals surface area contributed by atoms with E-state index in [1.165, 1.54) is 29.5 Å². The molecule has 0 amide bonds. The molecule has 0 radical (unpaired) electrons. The lowest BCUT2D eigenvalue weighted by Gasteiger charge is -2.40. The van der Waals surface area contributed by atoms with Gasteiger partial charge in [-0.25, -0.2) is 0 Å². The fourth-order valence-corrected chi connectivity index (χ4v) is 4.32. The van der Waals surface area contributed by atoms with E-state index in [0.717, 1.165) is 18.8 Å². The van der Waals surface area contributed by atoms with Gasteiger partial charge in [-0.15, -0.1) is 0 Å². The molecule has 1 saturated carbocycles. The van der Waals surface area contributed by atoms with Gasteiger partial charge in [-0.05, 0) is 48.3 Å². The lowest BCUT2D eigenvalue weighted by molar-refractivity contribution is -0.0669. The third kappa shape index (κ3) is 3.70. The maximum absolute atomic E-state index is 7.09. The van der Waals surface area contributed by atoms with Gasteiger partial charge in [0.2, 0.25) is 0 Å². The molecule has 1 fully saturated rings. The Kier molecular flexibility index (Phi) is 5.40. The Morgan fingerprint density at radius 1 is 0.593 bits per heavy atom. The molecule has 1 heteroatoms. The molecule has 1 nitrogen and oxygen atoms in total. The van der Waals surface area contributed by atoms with Crippen molar-refractivity contribution in [3.63, 3.8) is 0 Å². The molecule has 27 heavy (non-hydrogen) atoms. The average molecular weight is 357 g/mol. The van der Waals surface area contributed by atoms with Crippen molar-refractivity contribution in [2.45, 2.75) is 44.3 Å². The fourth-order valence-electron chi connectivity index (χ4n) is 4.32. The number of benzene rings is 3. The topological polar surface area (TPSA) is 9.23 Å². The quantitative estimate of drug-likeness (QED) is 0.470. The van der Waals surface area contributed by atoms with Gasteiger partial charge < -0.3 is 4.74 Å². The molecule has 0 atom stereocenters. The van der Waals surface area contributed by atoms with Gasteiger partial charge in [0.15, 0.2) is 0 Å². The summed E-state index contributed by atoms with van der Waals surface area (Å²) in [6, 6.07) is 32.1. The second-order valence-electron chi connectivity index (χ2n) is 7.78. The first-order chi connectivity index (χ1) is 13.3. The monoisotopic (exact) mass is 356 g/mol. The molecule has 138 valence electrons. The molecule has 3 aromatic rings. The van der Waals surface area contributed by atoms with Gasteiger partial charge in [-0.2, -0.15) is 0 Å². The van der Waals surface area contributed by atoms with E-state index in [1.807, 2.05) is 0 Å². The molecule has 0 bridgehead atoms. The average Bonchev–Trinajstić information content (AvgIpc) is 2.75. The Labute approximate surface area is 163 Å². The number of ether oxygens (including phenoxy) is 1. The van der Waals surface area contributed by atoms with Crippen LogP contribution in [0.4, 0.5) is 0 Å². The van der Waals surface area contributed by atoms with Crippen LogP contribution < -0.4 is 0 Å². The smallest absolute Gasteiger partial charge is 0.144 e. The minimum absolute atomic E-state index is 0.279. The first-order valence-corrected chi connectivity index (χ1v) is 10.1. The van der Waals surface area contributed by atoms with Crippen LogP contribution in [0.1, 0.15) is 49.3 Å². The van der Waals surface area contributed by atoms with Crippen molar-refractivity contribution >= 4 is 0 Å². The first kappa shape index (κ1) is 18.0. The molecule has 3 aromatic carbocycles. The lowest BCUT2D eigenvalue weighted by atomic mass is 9.79. The van der Waals surface area contributed by atoms with Crippen LogP contribution in [-0.2, 0) is 10.3 Å². The Balaban J connectivity index is 1.86. The predicted molar refractivity (Wildman–Crippen MR) is 112 cm³/mol. The van der Waals surface area contributed by atoms with Crippen LogP contribution in [0, 0.1) is 5.92 Å². The summed E-state index contributed by atoms with van der Waals surface area (Å²) in [7, 11) is 0. The minimum atomic E-state index is -0.574. The number of rotatable bonds is 5. The number of hydrogen-bond acceptors (Lipinski definition) is 1. The molecule has 0 aromatic heterocycles. The van der Waals surface area contributed by atoms with E-state index in [9.17, 15) is 0 Å². The minimum Gasteiger partial charge on any atom is -0.358 e. The van der Waals surface area contributed by atoms with Gasteiger partial charge in [0, 0.05) is 0 Å². The van der Waals surface area contributed by atoms with Crippen molar-refractivity contribution in [3.8, 4) is 0 Å². The van der Waals surface area contributed by atoms with E-state index in [1.54, 1.807) is 0 Å². The maximum Gasteiger partial charge on any atom is 0.144 e. The Morgan fingerprint density at radius 2 is 0.963 bits per heavy atom. The summed E-state index contributed by atoms with van der Waals surface area (Å²) >= 11 is 0. The Bertz CT molecular complexity index is 721. The zero-order valence-corrected chi connectivity index (χ0v) is 16.1. The zero-order chi connectivity index (χ0) is 18.5. The first-order valence-electron chi connectivity index (χ1n) is 10.1. The van der Waals surface area contributed by atoms with Gasteiger partial charge in [-0.1, -0.05) is 97.9 Å². The van der Waals surface area contributed by atoms with Crippen molar-refractivity contribution in [2.24, 2.45) is 5.92 Å². The van der Waals surface area contributed by atoms with E-state index in [0.29, 0.717) is 0 Å². The van der Waals surface area contributed by atoms with Crippen molar-refractivity contribution in [3.05, 3.63) is 108 Å². The van der Waals surface area contributed by atoms with Crippen LogP contribution in [0.3, 0.4) is 0 Å². The van der Waals surface area contributed by atoms with Gasteiger partial charge in [0.1, 0.15) is 5.60 Å². The molecule has 0 heterocycles. The highest BCUT2D eigenvalue weighted by atomic mass is 16.5. The third-order valence-corrected chi connectivity index (χ3v) is 5.85. The van der Waals surface area contributed by atoms with Gasteiger partial charge in [0.05, 0.1) is 6.10 Å². The highest BCUT2D eigenvalue weighted by Crippen LogP contribution is 2.43. The Morgan fingerprint density at radius 3 is 1.33 bits per heavy atom. The van der Waals surface area contributed by atoms with Gasteiger partial charge in [-0.3, -0.25) is 0 Å². The predicted octanol–water partition coefficient (Wildman–Crippen LogP) is 6.57. The zero-order valence-electron chi connectivity index (χ0n) is 16.1. The maximum atomic E-state index is 7.09. The molecular formula is C26H28O. The molecule has 0 saturated heterocycles. The van der Waals surface area contributed by atoms with E-state index in [2.05, 4.69) is 97.9 Å². The summed E-state index contributed by atoms with van der Waals surface area (Å²) in [6.07, 6.45) is 5.05. The van der Waals surface area contributed by atoms with E-state index < -0.39 is 5.60 Å². The summed E-state index contributed by atoms with van der Waals surface area (Å²) in [6.45, 7) is 2.36. The summed E-state index contributed by atoms with van der Waals surface area (Å²) in [5.41, 5.74) is 3.01. The largest absolute Gasteiger partial charge is 0.358 e. The van der Waals surface area contributed by atoms with Crippen LogP contribution in [0.25, 0.3) is 0 Å². The second kappa shape index (κ2) is 8.10. The van der Waals surface area contributed by atoms with Crippen LogP contribution in [-0.4, -0.2) is 6.10 Å². The molecule has 0 spiro atoms. The highest BCUT2D eigenvalue weighted by molar-refractivity contribution is 5.47. The van der Waals surface area contributed by atoms with E-state index >= 15 is 0 Å². The third-order valence-electron chi connectivity index (χ3n) is 5.85. The molecule has 1 aliphatic carbocycles. The van der Waals surface area contributed by atoms with Crippen molar-refractivity contribution < 1.29 is 4.74 Å². The highest BCUT2D eigenvalue weighted by Gasteiger charge is 2.40. The lowest BCUT2D eigenvalue weighted by Crippen LogP contribution is -2.38. The standard InChI is InChI=1S/C26H28O/c1-21-17-19-25(20-18-21)27-26(22-11-5-2-6-12-22,23-13-7-3-8-14-23)24-15-9-4-10-16-24/h2-16,21,25H,17-20H2,1H3. The summed E-state index contributed by atoms with van der Waals surface area (Å²) in [5.74, 6) is 0.810. The van der Waals surface area contributed by atoms with Crippen molar-refractivity contribution in [1.29, 1.82) is 0 Å². The summed E-state index contributed by atoms with van der Waals surface area (Å²) < 4.78 is 7.09. The molecule has 0 unspecified atom stereocenters. The molecule has 1 aliphatic rings. The van der Waals surface area contributed by atoms with Crippen LogP contribution in [0.2, 0.25) is 0 Å². The number of hydrogen-bond donors (Lipinski definition) is 0. The Hall–Kier alpha value is -2.38. The van der Waals surface area contributed by atoms with Crippen LogP contribution in [0.15, 0.2) is 91.0 Å². The fraction of sp³-hybridized carbons (Fsp3) is 0.308. The van der Waals surface area contributed by atoms with Crippen molar-refractivity contribution in [2.75, 3.05) is 0 Å². The summed E-state index contributed by atoms with van der Waals surface area (Å²) in [4.78, 5) is 0.